The van der Waals surface area contributed by atoms with Crippen molar-refractivity contribution in [2.45, 2.75) is 6.54 Å². The van der Waals surface area contributed by atoms with Crippen LogP contribution in [0.1, 0.15) is 21.0 Å². The van der Waals surface area contributed by atoms with Crippen LogP contribution in [0.4, 0.5) is 0 Å². The number of aliphatic hydroxyl groups is 1. The standard InChI is InChI=1S/C13H12N2O3S/c1-15(13(17)12-4-5-14-18-12)8-10-7-11(19-9-10)3-2-6-16/h4-5,7,9,16H,6,8H2,1H3. The zero-order chi connectivity index (χ0) is 13.7. The maximum Gasteiger partial charge on any atom is 0.292 e. The first-order valence-electron chi connectivity index (χ1n) is 5.54. The fourth-order valence-corrected chi connectivity index (χ4v) is 2.28. The molecule has 0 aromatic carbocycles. The lowest BCUT2D eigenvalue weighted by molar-refractivity contribution is 0.0743. The van der Waals surface area contributed by atoms with Crippen LogP contribution in [-0.2, 0) is 6.54 Å². The molecule has 2 heterocycles. The number of amides is 1. The van der Waals surface area contributed by atoms with E-state index in [1.165, 1.54) is 23.6 Å². The van der Waals surface area contributed by atoms with E-state index in [0.29, 0.717) is 6.54 Å². The van der Waals surface area contributed by atoms with Crippen LogP contribution in [-0.4, -0.2) is 34.7 Å². The first-order chi connectivity index (χ1) is 9.20. The second-order valence-electron chi connectivity index (χ2n) is 3.82. The average Bonchev–Trinajstić information content (AvgIpc) is 3.06. The van der Waals surface area contributed by atoms with Crippen LogP contribution < -0.4 is 0 Å². The number of carbonyl (C=O) groups is 1. The molecule has 0 fully saturated rings. The van der Waals surface area contributed by atoms with Crippen molar-refractivity contribution in [3.05, 3.63) is 39.9 Å². The monoisotopic (exact) mass is 276 g/mol. The quantitative estimate of drug-likeness (QED) is 0.859. The Hall–Kier alpha value is -2.10. The molecule has 0 spiro atoms. The highest BCUT2D eigenvalue weighted by Gasteiger charge is 2.15. The van der Waals surface area contributed by atoms with Gasteiger partial charge in [0.2, 0.25) is 5.76 Å². The van der Waals surface area contributed by atoms with Gasteiger partial charge in [0.25, 0.3) is 5.91 Å². The molecule has 6 heteroatoms. The Morgan fingerprint density at radius 2 is 2.47 bits per heavy atom. The molecule has 0 aliphatic carbocycles. The first-order valence-corrected chi connectivity index (χ1v) is 6.42. The highest BCUT2D eigenvalue weighted by Crippen LogP contribution is 2.16. The van der Waals surface area contributed by atoms with Crippen molar-refractivity contribution >= 4 is 17.2 Å². The van der Waals surface area contributed by atoms with Crippen LogP contribution in [0, 0.1) is 11.8 Å². The lowest BCUT2D eigenvalue weighted by atomic mass is 10.3. The van der Waals surface area contributed by atoms with E-state index < -0.39 is 0 Å². The molecule has 0 atom stereocenters. The highest BCUT2D eigenvalue weighted by atomic mass is 32.1. The summed E-state index contributed by atoms with van der Waals surface area (Å²) in [6, 6.07) is 3.43. The number of rotatable bonds is 3. The van der Waals surface area contributed by atoms with Gasteiger partial charge in [-0.05, 0) is 17.0 Å². The van der Waals surface area contributed by atoms with Gasteiger partial charge in [0.15, 0.2) is 0 Å². The maximum absolute atomic E-state index is 11.9. The lowest BCUT2D eigenvalue weighted by Crippen LogP contribution is -2.25. The minimum absolute atomic E-state index is 0.156. The predicted molar refractivity (Wildman–Crippen MR) is 70.6 cm³/mol. The largest absolute Gasteiger partial charge is 0.384 e. The van der Waals surface area contributed by atoms with E-state index in [9.17, 15) is 4.79 Å². The van der Waals surface area contributed by atoms with Crippen molar-refractivity contribution in [3.63, 3.8) is 0 Å². The van der Waals surface area contributed by atoms with E-state index >= 15 is 0 Å². The molecule has 0 saturated heterocycles. The van der Waals surface area contributed by atoms with Gasteiger partial charge < -0.3 is 14.5 Å². The zero-order valence-electron chi connectivity index (χ0n) is 10.3. The Kier molecular flexibility index (Phi) is 4.34. The highest BCUT2D eigenvalue weighted by molar-refractivity contribution is 7.10. The summed E-state index contributed by atoms with van der Waals surface area (Å²) < 4.78 is 4.82. The van der Waals surface area contributed by atoms with E-state index in [4.69, 9.17) is 9.63 Å². The molecule has 2 aromatic rings. The third kappa shape index (κ3) is 3.44. The zero-order valence-corrected chi connectivity index (χ0v) is 11.1. The van der Waals surface area contributed by atoms with E-state index in [0.717, 1.165) is 10.4 Å². The van der Waals surface area contributed by atoms with Crippen LogP contribution >= 0.6 is 11.3 Å². The molecule has 5 nitrogen and oxygen atoms in total. The fourth-order valence-electron chi connectivity index (χ4n) is 1.51. The predicted octanol–water partition coefficient (Wildman–Crippen LogP) is 1.35. The van der Waals surface area contributed by atoms with Gasteiger partial charge in [0.05, 0.1) is 11.1 Å². The van der Waals surface area contributed by atoms with E-state index in [1.54, 1.807) is 11.9 Å². The molecular formula is C13H12N2O3S. The van der Waals surface area contributed by atoms with Crippen molar-refractivity contribution in [1.29, 1.82) is 0 Å². The first kappa shape index (κ1) is 13.3. The van der Waals surface area contributed by atoms with Gasteiger partial charge in [0.1, 0.15) is 6.61 Å². The molecule has 2 aromatic heterocycles. The van der Waals surface area contributed by atoms with Crippen molar-refractivity contribution < 1.29 is 14.4 Å². The summed E-state index contributed by atoms with van der Waals surface area (Å²) in [5.41, 5.74) is 0.989. The second kappa shape index (κ2) is 6.18. The fraction of sp³-hybridized carbons (Fsp3) is 0.231. The van der Waals surface area contributed by atoms with Crippen LogP contribution in [0.2, 0.25) is 0 Å². The van der Waals surface area contributed by atoms with Crippen LogP contribution in [0.5, 0.6) is 0 Å². The van der Waals surface area contributed by atoms with Gasteiger partial charge >= 0.3 is 0 Å². The molecule has 0 radical (unpaired) electrons. The molecule has 0 unspecified atom stereocenters. The molecule has 0 saturated carbocycles. The summed E-state index contributed by atoms with van der Waals surface area (Å²) in [5.74, 6) is 5.42. The Morgan fingerprint density at radius 1 is 1.63 bits per heavy atom. The van der Waals surface area contributed by atoms with Crippen LogP contribution in [0.15, 0.2) is 28.2 Å². The van der Waals surface area contributed by atoms with Gasteiger partial charge in [-0.15, -0.1) is 11.3 Å². The van der Waals surface area contributed by atoms with Gasteiger partial charge in [-0.1, -0.05) is 17.0 Å². The number of thiophene rings is 1. The summed E-state index contributed by atoms with van der Waals surface area (Å²) in [6.07, 6.45) is 1.44. The molecule has 1 amide bonds. The summed E-state index contributed by atoms with van der Waals surface area (Å²) in [7, 11) is 1.70. The topological polar surface area (TPSA) is 66.6 Å². The summed E-state index contributed by atoms with van der Waals surface area (Å²) in [6.45, 7) is 0.313. The number of aliphatic hydroxyl groups excluding tert-OH is 1. The molecule has 19 heavy (non-hydrogen) atoms. The van der Waals surface area contributed by atoms with E-state index in [2.05, 4.69) is 17.0 Å². The summed E-state index contributed by atoms with van der Waals surface area (Å²) >= 11 is 1.48. The Labute approximate surface area is 114 Å². The van der Waals surface area contributed by atoms with E-state index in [1.807, 2.05) is 11.4 Å². The average molecular weight is 276 g/mol. The number of nitrogens with zero attached hydrogens (tertiary/aromatic N) is 2. The van der Waals surface area contributed by atoms with Crippen molar-refractivity contribution in [3.8, 4) is 11.8 Å². The third-order valence-electron chi connectivity index (χ3n) is 2.36. The third-order valence-corrected chi connectivity index (χ3v) is 3.25. The molecular weight excluding hydrogens is 264 g/mol. The smallest absolute Gasteiger partial charge is 0.292 e. The lowest BCUT2D eigenvalue weighted by Gasteiger charge is -2.13. The number of aromatic nitrogens is 1. The molecule has 2 rings (SSSR count). The molecule has 0 aliphatic rings. The summed E-state index contributed by atoms with van der Waals surface area (Å²) in [5, 5.41) is 14.1. The second-order valence-corrected chi connectivity index (χ2v) is 4.73. The summed E-state index contributed by atoms with van der Waals surface area (Å²) in [4.78, 5) is 14.3. The van der Waals surface area contributed by atoms with Crippen LogP contribution in [0.3, 0.4) is 0 Å². The number of carbonyl (C=O) groups excluding carboxylic acids is 1. The van der Waals surface area contributed by atoms with E-state index in [-0.39, 0.29) is 18.3 Å². The molecule has 0 aliphatic heterocycles. The molecule has 0 bridgehead atoms. The molecule has 1 N–H and O–H groups in total. The normalized spacial score (nSPS) is 9.79. The van der Waals surface area contributed by atoms with Gasteiger partial charge in [-0.2, -0.15) is 0 Å². The minimum Gasteiger partial charge on any atom is -0.384 e. The van der Waals surface area contributed by atoms with Crippen molar-refractivity contribution in [2.24, 2.45) is 0 Å². The Morgan fingerprint density at radius 3 is 3.16 bits per heavy atom. The number of hydrogen-bond acceptors (Lipinski definition) is 5. The maximum atomic E-state index is 11.9. The minimum atomic E-state index is -0.216. The number of hydrogen-bond donors (Lipinski definition) is 1. The van der Waals surface area contributed by atoms with Crippen molar-refractivity contribution in [2.75, 3.05) is 13.7 Å². The molecule has 98 valence electrons. The van der Waals surface area contributed by atoms with Crippen molar-refractivity contribution in [1.82, 2.24) is 10.1 Å². The Balaban J connectivity index is 2.01. The van der Waals surface area contributed by atoms with Gasteiger partial charge in [-0.3, -0.25) is 4.79 Å². The Bertz CT molecular complexity index is 607. The SMILES string of the molecule is CN(Cc1csc(C#CCO)c1)C(=O)c1ccno1. The van der Waals surface area contributed by atoms with Gasteiger partial charge in [0, 0.05) is 19.7 Å². The van der Waals surface area contributed by atoms with Crippen LogP contribution in [0.25, 0.3) is 0 Å². The van der Waals surface area contributed by atoms with Gasteiger partial charge in [-0.25, -0.2) is 0 Å².